The van der Waals surface area contributed by atoms with Crippen LogP contribution >= 0.6 is 11.6 Å². The summed E-state index contributed by atoms with van der Waals surface area (Å²) in [5.74, 6) is -0.818. The van der Waals surface area contributed by atoms with Crippen molar-refractivity contribution in [3.63, 3.8) is 0 Å². The molecule has 4 nitrogen and oxygen atoms in total. The lowest BCUT2D eigenvalue weighted by Gasteiger charge is -2.03. The minimum Gasteiger partial charge on any atom is -0.481 e. The summed E-state index contributed by atoms with van der Waals surface area (Å²) < 4.78 is 1.82. The number of rotatable bonds is 6. The molecule has 1 unspecified atom stereocenters. The third kappa shape index (κ3) is 3.91. The lowest BCUT2D eigenvalue weighted by atomic mass is 10.1. The minimum atomic E-state index is -0.818. The molecular formula is C10H15ClN2O2. The minimum absolute atomic E-state index is 0.0904. The number of hydrogen-bond donors (Lipinski definition) is 1. The highest BCUT2D eigenvalue weighted by Crippen LogP contribution is 2.24. The smallest absolute Gasteiger partial charge is 0.303 e. The molecule has 1 atom stereocenters. The molecule has 1 N–H and O–H groups in total. The van der Waals surface area contributed by atoms with E-state index in [1.165, 1.54) is 0 Å². The molecule has 0 amide bonds. The highest BCUT2D eigenvalue weighted by atomic mass is 35.5. The average Bonchev–Trinajstić information content (AvgIpc) is 2.63. The molecule has 1 aromatic heterocycles. The molecule has 1 heterocycles. The molecule has 0 aliphatic carbocycles. The normalized spacial score (nSPS) is 12.7. The fourth-order valence-corrected chi connectivity index (χ4v) is 1.53. The third-order valence-corrected chi connectivity index (χ3v) is 2.55. The van der Waals surface area contributed by atoms with Crippen LogP contribution < -0.4 is 0 Å². The maximum Gasteiger partial charge on any atom is 0.303 e. The van der Waals surface area contributed by atoms with Crippen molar-refractivity contribution in [2.45, 2.75) is 38.1 Å². The maximum atomic E-state index is 10.4. The van der Waals surface area contributed by atoms with Gasteiger partial charge in [0.2, 0.25) is 0 Å². The number of aliphatic carboxylic acids is 1. The number of aryl methyl sites for hydroxylation is 1. The fourth-order valence-electron chi connectivity index (χ4n) is 1.31. The Labute approximate surface area is 93.9 Å². The first kappa shape index (κ1) is 12.0. The van der Waals surface area contributed by atoms with Gasteiger partial charge in [-0.15, -0.1) is 11.6 Å². The summed E-state index contributed by atoms with van der Waals surface area (Å²) >= 11 is 6.05. The summed E-state index contributed by atoms with van der Waals surface area (Å²) in [5.41, 5.74) is 0.895. The van der Waals surface area contributed by atoms with Gasteiger partial charge in [-0.05, 0) is 12.8 Å². The first-order valence-electron chi connectivity index (χ1n) is 5.01. The molecule has 0 aliphatic heterocycles. The second-order valence-electron chi connectivity index (χ2n) is 3.44. The van der Waals surface area contributed by atoms with E-state index >= 15 is 0 Å². The zero-order valence-electron chi connectivity index (χ0n) is 8.69. The SMILES string of the molecule is CCCn1cc(C(Cl)CCC(=O)O)cn1. The van der Waals surface area contributed by atoms with E-state index < -0.39 is 5.97 Å². The highest BCUT2D eigenvalue weighted by molar-refractivity contribution is 6.20. The molecule has 1 rings (SSSR count). The van der Waals surface area contributed by atoms with Gasteiger partial charge in [0.05, 0.1) is 11.6 Å². The molecule has 0 spiro atoms. The molecule has 0 aromatic carbocycles. The van der Waals surface area contributed by atoms with Gasteiger partial charge in [0.15, 0.2) is 0 Å². The molecule has 15 heavy (non-hydrogen) atoms. The van der Waals surface area contributed by atoms with Gasteiger partial charge in [-0.2, -0.15) is 5.10 Å². The predicted octanol–water partition coefficient (Wildman–Crippen LogP) is 2.44. The van der Waals surface area contributed by atoms with E-state index in [0.717, 1.165) is 18.5 Å². The number of carbonyl (C=O) groups is 1. The molecular weight excluding hydrogens is 216 g/mol. The number of carboxylic acid groups (broad SMARTS) is 1. The van der Waals surface area contributed by atoms with Crippen LogP contribution in [0.1, 0.15) is 37.1 Å². The Kier molecular flexibility index (Phi) is 4.62. The van der Waals surface area contributed by atoms with Crippen LogP contribution in [0.5, 0.6) is 0 Å². The number of alkyl halides is 1. The maximum absolute atomic E-state index is 10.4. The van der Waals surface area contributed by atoms with E-state index in [-0.39, 0.29) is 11.8 Å². The Bertz CT molecular complexity index is 325. The molecule has 0 saturated carbocycles. The monoisotopic (exact) mass is 230 g/mol. The van der Waals surface area contributed by atoms with Gasteiger partial charge in [0.25, 0.3) is 0 Å². The van der Waals surface area contributed by atoms with Crippen LogP contribution in [0.25, 0.3) is 0 Å². The second kappa shape index (κ2) is 5.75. The van der Waals surface area contributed by atoms with Crippen LogP contribution in [0, 0.1) is 0 Å². The molecule has 1 aromatic rings. The summed E-state index contributed by atoms with van der Waals surface area (Å²) in [6, 6.07) is 0. The van der Waals surface area contributed by atoms with Crippen molar-refractivity contribution in [2.24, 2.45) is 0 Å². The third-order valence-electron chi connectivity index (χ3n) is 2.08. The van der Waals surface area contributed by atoms with Crippen LogP contribution in [0.15, 0.2) is 12.4 Å². The van der Waals surface area contributed by atoms with Crippen molar-refractivity contribution in [3.05, 3.63) is 18.0 Å². The molecule has 0 aliphatic rings. The van der Waals surface area contributed by atoms with Crippen molar-refractivity contribution in [2.75, 3.05) is 0 Å². The van der Waals surface area contributed by atoms with Crippen LogP contribution in [-0.2, 0) is 11.3 Å². The zero-order chi connectivity index (χ0) is 11.3. The van der Waals surface area contributed by atoms with Crippen molar-refractivity contribution in [1.29, 1.82) is 0 Å². The molecule has 0 radical (unpaired) electrons. The highest BCUT2D eigenvalue weighted by Gasteiger charge is 2.11. The number of aromatic nitrogens is 2. The lowest BCUT2D eigenvalue weighted by molar-refractivity contribution is -0.137. The van der Waals surface area contributed by atoms with Gasteiger partial charge < -0.3 is 5.11 Å². The summed E-state index contributed by atoms with van der Waals surface area (Å²) in [7, 11) is 0. The van der Waals surface area contributed by atoms with E-state index in [2.05, 4.69) is 12.0 Å². The van der Waals surface area contributed by atoms with E-state index in [0.29, 0.717) is 6.42 Å². The van der Waals surface area contributed by atoms with Gasteiger partial charge >= 0.3 is 5.97 Å². The molecule has 84 valence electrons. The van der Waals surface area contributed by atoms with Crippen LogP contribution in [-0.4, -0.2) is 20.9 Å². The number of nitrogens with zero attached hydrogens (tertiary/aromatic N) is 2. The van der Waals surface area contributed by atoms with Crippen LogP contribution in [0.2, 0.25) is 0 Å². The van der Waals surface area contributed by atoms with Gasteiger partial charge in [-0.25, -0.2) is 0 Å². The largest absolute Gasteiger partial charge is 0.481 e. The zero-order valence-corrected chi connectivity index (χ0v) is 9.44. The van der Waals surface area contributed by atoms with E-state index in [1.807, 2.05) is 10.9 Å². The van der Waals surface area contributed by atoms with Gasteiger partial charge in [-0.3, -0.25) is 9.48 Å². The summed E-state index contributed by atoms with van der Waals surface area (Å²) in [6.45, 7) is 2.94. The molecule has 0 saturated heterocycles. The van der Waals surface area contributed by atoms with Crippen molar-refractivity contribution in [1.82, 2.24) is 9.78 Å². The van der Waals surface area contributed by atoms with Crippen molar-refractivity contribution < 1.29 is 9.90 Å². The van der Waals surface area contributed by atoms with Crippen molar-refractivity contribution in [3.8, 4) is 0 Å². The van der Waals surface area contributed by atoms with E-state index in [4.69, 9.17) is 16.7 Å². The Morgan fingerprint density at radius 2 is 2.47 bits per heavy atom. The first-order valence-corrected chi connectivity index (χ1v) is 5.45. The summed E-state index contributed by atoms with van der Waals surface area (Å²) in [5, 5.41) is 12.4. The topological polar surface area (TPSA) is 55.1 Å². The van der Waals surface area contributed by atoms with Gasteiger partial charge in [0, 0.05) is 24.7 Å². The van der Waals surface area contributed by atoms with E-state index in [9.17, 15) is 4.79 Å². The number of halogens is 1. The molecule has 5 heteroatoms. The second-order valence-corrected chi connectivity index (χ2v) is 3.96. The predicted molar refractivity (Wildman–Crippen MR) is 58.0 cm³/mol. The lowest BCUT2D eigenvalue weighted by Crippen LogP contribution is -1.98. The number of carboxylic acids is 1. The summed E-state index contributed by atoms with van der Waals surface area (Å²) in [4.78, 5) is 10.4. The van der Waals surface area contributed by atoms with Gasteiger partial charge in [0.1, 0.15) is 0 Å². The molecule has 0 bridgehead atoms. The number of hydrogen-bond acceptors (Lipinski definition) is 2. The Morgan fingerprint density at radius 3 is 3.07 bits per heavy atom. The Balaban J connectivity index is 2.50. The quantitative estimate of drug-likeness (QED) is 0.764. The first-order chi connectivity index (χ1) is 7.13. The standard InChI is InChI=1S/C10H15ClN2O2/c1-2-5-13-7-8(6-12-13)9(11)3-4-10(14)15/h6-7,9H,2-5H2,1H3,(H,14,15). The van der Waals surface area contributed by atoms with Gasteiger partial charge in [-0.1, -0.05) is 6.92 Å². The average molecular weight is 231 g/mol. The van der Waals surface area contributed by atoms with Crippen LogP contribution in [0.3, 0.4) is 0 Å². The fraction of sp³-hybridized carbons (Fsp3) is 0.600. The summed E-state index contributed by atoms with van der Waals surface area (Å²) in [6.07, 6.45) is 5.13. The van der Waals surface area contributed by atoms with Crippen LogP contribution in [0.4, 0.5) is 0 Å². The Morgan fingerprint density at radius 1 is 1.73 bits per heavy atom. The molecule has 0 fully saturated rings. The van der Waals surface area contributed by atoms with Crippen molar-refractivity contribution >= 4 is 17.6 Å². The Hall–Kier alpha value is -1.03. The van der Waals surface area contributed by atoms with E-state index in [1.54, 1.807) is 6.20 Å².